The lowest BCUT2D eigenvalue weighted by atomic mass is 10.3. The zero-order chi connectivity index (χ0) is 11.0. The van der Waals surface area contributed by atoms with Gasteiger partial charge >= 0.3 is 5.97 Å². The molecule has 14 heavy (non-hydrogen) atoms. The minimum absolute atomic E-state index is 0.160. The Labute approximate surface area is 84.3 Å². The Morgan fingerprint density at radius 2 is 2.07 bits per heavy atom. The SMILES string of the molecule is C=C(C)C(=O)NCCCOC(=O)CC. The van der Waals surface area contributed by atoms with E-state index in [4.69, 9.17) is 4.74 Å². The Kier molecular flexibility index (Phi) is 6.45. The van der Waals surface area contributed by atoms with Crippen LogP contribution >= 0.6 is 0 Å². The number of amides is 1. The lowest BCUT2D eigenvalue weighted by molar-refractivity contribution is -0.143. The van der Waals surface area contributed by atoms with Gasteiger partial charge in [0, 0.05) is 18.5 Å². The molecule has 1 N–H and O–H groups in total. The van der Waals surface area contributed by atoms with Gasteiger partial charge in [-0.15, -0.1) is 0 Å². The summed E-state index contributed by atoms with van der Waals surface area (Å²) in [7, 11) is 0. The number of hydrogen-bond donors (Lipinski definition) is 1. The lowest BCUT2D eigenvalue weighted by Crippen LogP contribution is -2.25. The van der Waals surface area contributed by atoms with Crippen LogP contribution in [0, 0.1) is 0 Å². The van der Waals surface area contributed by atoms with Gasteiger partial charge in [0.25, 0.3) is 0 Å². The second kappa shape index (κ2) is 7.12. The number of rotatable bonds is 6. The van der Waals surface area contributed by atoms with Gasteiger partial charge in [-0.3, -0.25) is 9.59 Å². The van der Waals surface area contributed by atoms with E-state index in [9.17, 15) is 9.59 Å². The number of esters is 1. The van der Waals surface area contributed by atoms with Crippen LogP contribution in [0.25, 0.3) is 0 Å². The molecule has 0 aliphatic heterocycles. The van der Waals surface area contributed by atoms with Gasteiger partial charge in [0.05, 0.1) is 6.61 Å². The molecule has 0 aliphatic carbocycles. The van der Waals surface area contributed by atoms with Crippen molar-refractivity contribution in [1.82, 2.24) is 5.32 Å². The molecule has 0 heterocycles. The third-order valence-corrected chi connectivity index (χ3v) is 1.55. The van der Waals surface area contributed by atoms with E-state index >= 15 is 0 Å². The summed E-state index contributed by atoms with van der Waals surface area (Å²) in [6, 6.07) is 0. The van der Waals surface area contributed by atoms with Gasteiger partial charge in [0.2, 0.25) is 5.91 Å². The van der Waals surface area contributed by atoms with Crippen molar-refractivity contribution in [1.29, 1.82) is 0 Å². The molecule has 1 amide bonds. The zero-order valence-electron chi connectivity index (χ0n) is 8.76. The van der Waals surface area contributed by atoms with Crippen molar-refractivity contribution in [3.05, 3.63) is 12.2 Å². The Hall–Kier alpha value is -1.32. The summed E-state index contributed by atoms with van der Waals surface area (Å²) in [6.07, 6.45) is 1.02. The molecular formula is C10H17NO3. The molecule has 80 valence electrons. The monoisotopic (exact) mass is 199 g/mol. The summed E-state index contributed by atoms with van der Waals surface area (Å²) >= 11 is 0. The van der Waals surface area contributed by atoms with Crippen LogP contribution in [0.1, 0.15) is 26.7 Å². The number of nitrogens with one attached hydrogen (secondary N) is 1. The molecule has 0 saturated heterocycles. The van der Waals surface area contributed by atoms with Crippen LogP contribution in [0.2, 0.25) is 0 Å². The van der Waals surface area contributed by atoms with Crippen molar-refractivity contribution in [3.8, 4) is 0 Å². The van der Waals surface area contributed by atoms with Crippen LogP contribution in [0.5, 0.6) is 0 Å². The fraction of sp³-hybridized carbons (Fsp3) is 0.600. The van der Waals surface area contributed by atoms with Crippen molar-refractivity contribution < 1.29 is 14.3 Å². The molecule has 0 aromatic rings. The molecule has 0 aromatic carbocycles. The predicted molar refractivity (Wildman–Crippen MR) is 53.7 cm³/mol. The second-order valence-electron chi connectivity index (χ2n) is 2.96. The summed E-state index contributed by atoms with van der Waals surface area (Å²) in [5.41, 5.74) is 0.482. The quantitative estimate of drug-likeness (QED) is 0.395. The molecule has 0 aliphatic rings. The third-order valence-electron chi connectivity index (χ3n) is 1.55. The van der Waals surface area contributed by atoms with Crippen LogP contribution in [0.4, 0.5) is 0 Å². The number of ether oxygens (including phenoxy) is 1. The van der Waals surface area contributed by atoms with Crippen molar-refractivity contribution in [2.24, 2.45) is 0 Å². The molecule has 0 fully saturated rings. The van der Waals surface area contributed by atoms with E-state index in [2.05, 4.69) is 11.9 Å². The summed E-state index contributed by atoms with van der Waals surface area (Å²) in [6.45, 7) is 7.74. The molecule has 0 spiro atoms. The highest BCUT2D eigenvalue weighted by Crippen LogP contribution is 1.89. The molecule has 0 unspecified atom stereocenters. The van der Waals surface area contributed by atoms with E-state index in [0.29, 0.717) is 31.6 Å². The second-order valence-corrected chi connectivity index (χ2v) is 2.96. The molecule has 0 radical (unpaired) electrons. The van der Waals surface area contributed by atoms with Gasteiger partial charge in [-0.2, -0.15) is 0 Å². The smallest absolute Gasteiger partial charge is 0.305 e. The maximum absolute atomic E-state index is 11.0. The average molecular weight is 199 g/mol. The van der Waals surface area contributed by atoms with Gasteiger partial charge in [0.15, 0.2) is 0 Å². The normalized spacial score (nSPS) is 9.29. The predicted octanol–water partition coefficient (Wildman–Crippen LogP) is 1.02. The van der Waals surface area contributed by atoms with Crippen molar-refractivity contribution in [2.45, 2.75) is 26.7 Å². The van der Waals surface area contributed by atoms with Crippen LogP contribution in [-0.2, 0) is 14.3 Å². The van der Waals surface area contributed by atoms with Crippen LogP contribution in [0.15, 0.2) is 12.2 Å². The van der Waals surface area contributed by atoms with Crippen LogP contribution < -0.4 is 5.32 Å². The first-order chi connectivity index (χ1) is 6.57. The lowest BCUT2D eigenvalue weighted by Gasteiger charge is -2.05. The van der Waals surface area contributed by atoms with Crippen molar-refractivity contribution in [3.63, 3.8) is 0 Å². The standard InChI is InChI=1S/C10H17NO3/c1-4-9(12)14-7-5-6-11-10(13)8(2)3/h2,4-7H2,1,3H3,(H,11,13). The Morgan fingerprint density at radius 1 is 1.43 bits per heavy atom. The number of carbonyl (C=O) groups is 2. The van der Waals surface area contributed by atoms with Gasteiger partial charge in [-0.1, -0.05) is 13.5 Å². The van der Waals surface area contributed by atoms with E-state index in [1.54, 1.807) is 13.8 Å². The van der Waals surface area contributed by atoms with E-state index < -0.39 is 0 Å². The Bertz CT molecular complexity index is 223. The molecule has 0 atom stereocenters. The number of carbonyl (C=O) groups excluding carboxylic acids is 2. The third kappa shape index (κ3) is 6.22. The van der Waals surface area contributed by atoms with Gasteiger partial charge in [-0.25, -0.2) is 0 Å². The van der Waals surface area contributed by atoms with Gasteiger partial charge < -0.3 is 10.1 Å². The molecule has 4 heteroatoms. The summed E-state index contributed by atoms with van der Waals surface area (Å²) < 4.78 is 4.82. The topological polar surface area (TPSA) is 55.4 Å². The highest BCUT2D eigenvalue weighted by Gasteiger charge is 2.00. The summed E-state index contributed by atoms with van der Waals surface area (Å²) in [5, 5.41) is 2.64. The largest absolute Gasteiger partial charge is 0.466 e. The Balaban J connectivity index is 3.34. The fourth-order valence-electron chi connectivity index (χ4n) is 0.713. The van der Waals surface area contributed by atoms with E-state index in [1.807, 2.05) is 0 Å². The molecule has 0 aromatic heterocycles. The zero-order valence-corrected chi connectivity index (χ0v) is 8.76. The van der Waals surface area contributed by atoms with Gasteiger partial charge in [-0.05, 0) is 13.3 Å². The molecular weight excluding hydrogens is 182 g/mol. The molecule has 0 saturated carbocycles. The summed E-state index contributed by atoms with van der Waals surface area (Å²) in [5.74, 6) is -0.372. The van der Waals surface area contributed by atoms with Crippen LogP contribution in [-0.4, -0.2) is 25.0 Å². The minimum Gasteiger partial charge on any atom is -0.466 e. The van der Waals surface area contributed by atoms with E-state index in [0.717, 1.165) is 0 Å². The minimum atomic E-state index is -0.212. The van der Waals surface area contributed by atoms with Gasteiger partial charge in [0.1, 0.15) is 0 Å². The molecule has 0 rings (SSSR count). The van der Waals surface area contributed by atoms with E-state index in [-0.39, 0.29) is 11.9 Å². The maximum Gasteiger partial charge on any atom is 0.305 e. The maximum atomic E-state index is 11.0. The van der Waals surface area contributed by atoms with Crippen LogP contribution in [0.3, 0.4) is 0 Å². The highest BCUT2D eigenvalue weighted by molar-refractivity contribution is 5.91. The number of hydrogen-bond acceptors (Lipinski definition) is 3. The average Bonchev–Trinajstić information content (AvgIpc) is 2.16. The summed E-state index contributed by atoms with van der Waals surface area (Å²) in [4.78, 5) is 21.7. The highest BCUT2D eigenvalue weighted by atomic mass is 16.5. The first-order valence-corrected chi connectivity index (χ1v) is 4.67. The van der Waals surface area contributed by atoms with Crippen molar-refractivity contribution >= 4 is 11.9 Å². The fourth-order valence-corrected chi connectivity index (χ4v) is 0.713. The first kappa shape index (κ1) is 12.7. The molecule has 0 bridgehead atoms. The Morgan fingerprint density at radius 3 is 2.57 bits per heavy atom. The van der Waals surface area contributed by atoms with E-state index in [1.165, 1.54) is 0 Å². The first-order valence-electron chi connectivity index (χ1n) is 4.67. The molecule has 4 nitrogen and oxygen atoms in total. The van der Waals surface area contributed by atoms with Crippen molar-refractivity contribution in [2.75, 3.05) is 13.2 Å².